The predicted octanol–water partition coefficient (Wildman–Crippen LogP) is 6.61. The quantitative estimate of drug-likeness (QED) is 0.146. The molecule has 0 bridgehead atoms. The number of carbonyl (C=O) groups excluding carboxylic acids is 1. The number of aliphatic imine (C=N–C) groups is 1. The van der Waals surface area contributed by atoms with E-state index in [1.54, 1.807) is 17.5 Å². The monoisotopic (exact) mass is 550 g/mol. The number of nitrogens with one attached hydrogen (secondary N) is 2. The fourth-order valence-corrected chi connectivity index (χ4v) is 4.92. The Morgan fingerprint density at radius 3 is 2.50 bits per heavy atom. The zero-order valence-corrected chi connectivity index (χ0v) is 26.0. The van der Waals surface area contributed by atoms with Gasteiger partial charge in [-0.2, -0.15) is 0 Å². The first-order valence-corrected chi connectivity index (χ1v) is 15.6. The molecule has 8 heteroatoms. The number of aryl methyl sites for hydroxylation is 1. The van der Waals surface area contributed by atoms with E-state index in [0.29, 0.717) is 25.7 Å². The van der Waals surface area contributed by atoms with Gasteiger partial charge in [0, 0.05) is 48.8 Å². The molecule has 2 atom stereocenters. The lowest BCUT2D eigenvalue weighted by Gasteiger charge is -2.18. The highest BCUT2D eigenvalue weighted by Crippen LogP contribution is 2.20. The highest BCUT2D eigenvalue weighted by molar-refractivity contribution is 7.11. The van der Waals surface area contributed by atoms with E-state index < -0.39 is 0 Å². The van der Waals surface area contributed by atoms with Gasteiger partial charge in [-0.1, -0.05) is 41.0 Å². The normalized spacial score (nSPS) is 15.8. The van der Waals surface area contributed by atoms with Crippen LogP contribution >= 0.6 is 11.3 Å². The Morgan fingerprint density at radius 1 is 1.13 bits per heavy atom. The molecular weight excluding hydrogens is 496 g/mol. The third-order valence-corrected chi connectivity index (χ3v) is 7.72. The van der Waals surface area contributed by atoms with Crippen LogP contribution in [0.2, 0.25) is 0 Å². The molecule has 1 aromatic heterocycles. The molecule has 38 heavy (non-hydrogen) atoms. The van der Waals surface area contributed by atoms with Gasteiger partial charge in [0.25, 0.3) is 0 Å². The number of ether oxygens (including phenoxy) is 2. The highest BCUT2D eigenvalue weighted by Gasteiger charge is 2.13. The number of hydrogen-bond donors (Lipinski definition) is 2. The van der Waals surface area contributed by atoms with Crippen LogP contribution in [0.1, 0.15) is 103 Å². The average Bonchev–Trinajstić information content (AvgIpc) is 3.19. The molecule has 1 aliphatic rings. The topological polar surface area (TPSA) is 84.8 Å². The van der Waals surface area contributed by atoms with Gasteiger partial charge in [-0.3, -0.25) is 4.79 Å². The zero-order chi connectivity index (χ0) is 28.2. The Hall–Kier alpha value is -1.77. The Morgan fingerprint density at radius 2 is 1.89 bits per heavy atom. The molecule has 0 aromatic carbocycles. The first kappa shape index (κ1) is 34.3. The number of thiazole rings is 1. The van der Waals surface area contributed by atoms with Gasteiger partial charge in [-0.15, -0.1) is 11.3 Å². The fraction of sp³-hybridized carbons (Fsp3) is 0.767. The number of aromatic nitrogens is 1. The summed E-state index contributed by atoms with van der Waals surface area (Å²) in [5, 5.41) is 7.58. The molecule has 0 saturated carbocycles. The number of nitrogens with zero attached hydrogens (tertiary/aromatic N) is 2. The van der Waals surface area contributed by atoms with E-state index in [1.807, 2.05) is 13.8 Å². The summed E-state index contributed by atoms with van der Waals surface area (Å²) in [6.07, 6.45) is 10.8. The Balaban J connectivity index is 0.000000380. The largest absolute Gasteiger partial charge is 0.478 e. The average molecular weight is 551 g/mol. The van der Waals surface area contributed by atoms with Crippen molar-refractivity contribution in [3.8, 4) is 0 Å². The Bertz CT molecular complexity index is 837. The van der Waals surface area contributed by atoms with Crippen molar-refractivity contribution in [2.45, 2.75) is 112 Å². The van der Waals surface area contributed by atoms with Crippen LogP contribution in [0.4, 0.5) is 0 Å². The third-order valence-electron chi connectivity index (χ3n) is 6.81. The van der Waals surface area contributed by atoms with Gasteiger partial charge >= 0.3 is 0 Å². The van der Waals surface area contributed by atoms with E-state index in [9.17, 15) is 4.79 Å². The van der Waals surface area contributed by atoms with Gasteiger partial charge in [0.05, 0.1) is 18.0 Å². The van der Waals surface area contributed by atoms with Crippen molar-refractivity contribution in [2.75, 3.05) is 32.9 Å². The molecule has 1 amide bonds. The molecule has 2 heterocycles. The summed E-state index contributed by atoms with van der Waals surface area (Å²) >= 11 is 1.60. The minimum atomic E-state index is 0.125. The van der Waals surface area contributed by atoms with Crippen LogP contribution in [0.25, 0.3) is 0 Å². The maximum absolute atomic E-state index is 12.0. The number of hydrogen-bond acceptors (Lipinski definition) is 7. The van der Waals surface area contributed by atoms with Gasteiger partial charge < -0.3 is 20.1 Å². The van der Waals surface area contributed by atoms with Crippen LogP contribution in [-0.4, -0.2) is 55.7 Å². The summed E-state index contributed by atoms with van der Waals surface area (Å²) in [5.41, 5.74) is 2.69. The lowest BCUT2D eigenvalue weighted by Crippen LogP contribution is -2.35. The number of carbonyl (C=O) groups is 1. The second kappa shape index (κ2) is 21.1. The summed E-state index contributed by atoms with van der Waals surface area (Å²) < 4.78 is 11.0. The molecule has 0 fully saturated rings. The van der Waals surface area contributed by atoms with Crippen LogP contribution in [0, 0.1) is 12.8 Å². The third kappa shape index (κ3) is 15.0. The van der Waals surface area contributed by atoms with Gasteiger partial charge in [0.2, 0.25) is 5.91 Å². The summed E-state index contributed by atoms with van der Waals surface area (Å²) in [5.74, 6) is 1.71. The van der Waals surface area contributed by atoms with Crippen molar-refractivity contribution in [1.29, 1.82) is 0 Å². The van der Waals surface area contributed by atoms with Crippen LogP contribution < -0.4 is 10.6 Å². The van der Waals surface area contributed by atoms with Crippen molar-refractivity contribution >= 4 is 23.1 Å². The highest BCUT2D eigenvalue weighted by atomic mass is 32.1. The van der Waals surface area contributed by atoms with Crippen molar-refractivity contribution in [2.24, 2.45) is 10.9 Å². The molecule has 0 unspecified atom stereocenters. The fourth-order valence-electron chi connectivity index (χ4n) is 4.13. The summed E-state index contributed by atoms with van der Waals surface area (Å²) in [6, 6.07) is 0.315. The maximum Gasteiger partial charge on any atom is 0.225 e. The minimum Gasteiger partial charge on any atom is -0.478 e. The number of amides is 1. The first-order chi connectivity index (χ1) is 18.4. The van der Waals surface area contributed by atoms with Crippen LogP contribution in [0.5, 0.6) is 0 Å². The number of rotatable bonds is 15. The van der Waals surface area contributed by atoms with Gasteiger partial charge in [-0.05, 0) is 64.0 Å². The van der Waals surface area contributed by atoms with Gasteiger partial charge in [0.15, 0.2) is 5.90 Å². The molecule has 0 aliphatic carbocycles. The molecule has 0 spiro atoms. The molecule has 7 nitrogen and oxygen atoms in total. The standard InChI is InChI=1S/C15H28N2O2.C15H26N2OS/c1-4-13-7-9-16-10-8-14(13)17-15(5-2)19-12-11-18-6-3;1-5-11(3)7-8-13(6-2)17-15(18)9-14-10-16-12(4)19-14/h16H,4-12H2,1-3H3;10-11,13H,5-9H2,1-4H3,(H,17,18)/t;11-,13+/m.0/s1. The lowest BCUT2D eigenvalue weighted by molar-refractivity contribution is -0.121. The first-order valence-electron chi connectivity index (χ1n) is 14.8. The lowest BCUT2D eigenvalue weighted by atomic mass is 9.98. The molecule has 0 radical (unpaired) electrons. The van der Waals surface area contributed by atoms with Crippen molar-refractivity contribution in [1.82, 2.24) is 15.6 Å². The molecule has 0 saturated heterocycles. The van der Waals surface area contributed by atoms with Gasteiger partial charge in [0.1, 0.15) is 6.61 Å². The molecular formula is C30H54N4O3S. The van der Waals surface area contributed by atoms with E-state index in [2.05, 4.69) is 50.2 Å². The zero-order valence-electron chi connectivity index (χ0n) is 25.2. The molecule has 2 rings (SSSR count). The summed E-state index contributed by atoms with van der Waals surface area (Å²) in [4.78, 5) is 21.9. The van der Waals surface area contributed by atoms with Crippen LogP contribution in [0.3, 0.4) is 0 Å². The molecule has 2 N–H and O–H groups in total. The smallest absolute Gasteiger partial charge is 0.225 e. The molecule has 1 aliphatic heterocycles. The van der Waals surface area contributed by atoms with Crippen molar-refractivity contribution < 1.29 is 14.3 Å². The molecule has 1 aromatic rings. The Labute approximate surface area is 236 Å². The van der Waals surface area contributed by atoms with Crippen LogP contribution in [0.15, 0.2) is 22.5 Å². The second-order valence-corrected chi connectivity index (χ2v) is 11.2. The summed E-state index contributed by atoms with van der Waals surface area (Å²) in [6.45, 7) is 18.9. The van der Waals surface area contributed by atoms with Crippen molar-refractivity contribution in [3.63, 3.8) is 0 Å². The SMILES string of the molecule is CCOCCOC(CC)=NC1=C(CC)CCNCC1.CC[C@H](C)CC[C@@H](CC)NC(=O)Cc1cnc(C)s1. The van der Waals surface area contributed by atoms with Crippen molar-refractivity contribution in [3.05, 3.63) is 27.4 Å². The van der Waals surface area contributed by atoms with E-state index in [4.69, 9.17) is 14.5 Å². The minimum absolute atomic E-state index is 0.125. The van der Waals surface area contributed by atoms with E-state index in [1.165, 1.54) is 24.1 Å². The second-order valence-electron chi connectivity index (χ2n) is 9.84. The molecule has 218 valence electrons. The van der Waals surface area contributed by atoms with E-state index in [0.717, 1.165) is 79.9 Å². The van der Waals surface area contributed by atoms with Gasteiger partial charge in [-0.25, -0.2) is 9.98 Å². The maximum atomic E-state index is 12.0. The van der Waals surface area contributed by atoms with E-state index >= 15 is 0 Å². The van der Waals surface area contributed by atoms with E-state index in [-0.39, 0.29) is 5.91 Å². The van der Waals surface area contributed by atoms with Crippen LogP contribution in [-0.2, 0) is 20.7 Å². The Kier molecular flexibility index (Phi) is 19.0. The predicted molar refractivity (Wildman–Crippen MR) is 161 cm³/mol. The summed E-state index contributed by atoms with van der Waals surface area (Å²) in [7, 11) is 0.